The van der Waals surface area contributed by atoms with E-state index in [0.29, 0.717) is 6.42 Å². The van der Waals surface area contributed by atoms with Gasteiger partial charge in [0.2, 0.25) is 0 Å². The van der Waals surface area contributed by atoms with Crippen LogP contribution in [0.25, 0.3) is 5.69 Å². The van der Waals surface area contributed by atoms with Crippen LogP contribution in [0.2, 0.25) is 0 Å². The monoisotopic (exact) mass is 283 g/mol. The van der Waals surface area contributed by atoms with Gasteiger partial charge in [0.1, 0.15) is 0 Å². The number of halogens is 3. The molecule has 1 aromatic carbocycles. The summed E-state index contributed by atoms with van der Waals surface area (Å²) in [5.41, 5.74) is 8.34. The summed E-state index contributed by atoms with van der Waals surface area (Å²) in [5, 5.41) is 4.25. The zero-order valence-corrected chi connectivity index (χ0v) is 11.5. The first-order valence-electron chi connectivity index (χ1n) is 6.26. The summed E-state index contributed by atoms with van der Waals surface area (Å²) < 4.78 is 41.0. The van der Waals surface area contributed by atoms with Crippen LogP contribution in [-0.4, -0.2) is 15.8 Å². The number of benzene rings is 1. The van der Waals surface area contributed by atoms with E-state index in [1.54, 1.807) is 13.8 Å². The molecule has 2 aromatic rings. The average Bonchev–Trinajstić information content (AvgIpc) is 2.63. The van der Waals surface area contributed by atoms with Gasteiger partial charge in [-0.2, -0.15) is 5.10 Å². The van der Waals surface area contributed by atoms with Gasteiger partial charge in [0.05, 0.1) is 11.4 Å². The molecule has 0 saturated carbocycles. The van der Waals surface area contributed by atoms with Gasteiger partial charge in [0.15, 0.2) is 17.5 Å². The molecule has 0 aliphatic rings. The first-order valence-corrected chi connectivity index (χ1v) is 6.26. The summed E-state index contributed by atoms with van der Waals surface area (Å²) >= 11 is 0. The van der Waals surface area contributed by atoms with Crippen molar-refractivity contribution in [1.29, 1.82) is 0 Å². The van der Waals surface area contributed by atoms with E-state index < -0.39 is 17.5 Å². The van der Waals surface area contributed by atoms with Crippen molar-refractivity contribution < 1.29 is 13.2 Å². The fourth-order valence-electron chi connectivity index (χ4n) is 2.21. The van der Waals surface area contributed by atoms with Crippen molar-refractivity contribution in [3.05, 3.63) is 46.5 Å². The molecule has 0 amide bonds. The van der Waals surface area contributed by atoms with Crippen LogP contribution in [0, 0.1) is 31.3 Å². The largest absolute Gasteiger partial charge is 0.328 e. The second-order valence-electron chi connectivity index (χ2n) is 4.97. The van der Waals surface area contributed by atoms with Crippen molar-refractivity contribution >= 4 is 0 Å². The molecule has 1 unspecified atom stereocenters. The zero-order valence-electron chi connectivity index (χ0n) is 11.5. The fraction of sp³-hybridized carbons (Fsp3) is 0.357. The standard InChI is InChI=1S/C14H16F3N3/c1-7(18)4-11-8(2)19-20(9(11)3)10-5-12(15)14(17)13(16)6-10/h5-7H,4,18H2,1-3H3. The van der Waals surface area contributed by atoms with Crippen LogP contribution in [0.5, 0.6) is 0 Å². The SMILES string of the molecule is Cc1nn(-c2cc(F)c(F)c(F)c2)c(C)c1CC(C)N. The molecule has 0 spiro atoms. The van der Waals surface area contributed by atoms with E-state index >= 15 is 0 Å². The number of aryl methyl sites for hydroxylation is 1. The topological polar surface area (TPSA) is 43.8 Å². The summed E-state index contributed by atoms with van der Waals surface area (Å²) in [4.78, 5) is 0. The van der Waals surface area contributed by atoms with E-state index in [0.717, 1.165) is 29.1 Å². The zero-order chi connectivity index (χ0) is 15.0. The number of aromatic nitrogens is 2. The second-order valence-corrected chi connectivity index (χ2v) is 4.97. The summed E-state index contributed by atoms with van der Waals surface area (Å²) in [6, 6.07) is 1.80. The maximum Gasteiger partial charge on any atom is 0.194 e. The Morgan fingerprint density at radius 2 is 1.75 bits per heavy atom. The Bertz CT molecular complexity index is 624. The first kappa shape index (κ1) is 14.6. The Hall–Kier alpha value is -1.82. The van der Waals surface area contributed by atoms with Gasteiger partial charge >= 0.3 is 0 Å². The molecule has 0 saturated heterocycles. The van der Waals surface area contributed by atoms with Crippen molar-refractivity contribution in [1.82, 2.24) is 9.78 Å². The molecule has 0 bridgehead atoms. The fourth-order valence-corrected chi connectivity index (χ4v) is 2.21. The Morgan fingerprint density at radius 1 is 1.20 bits per heavy atom. The molecule has 0 aliphatic carbocycles. The third-order valence-corrected chi connectivity index (χ3v) is 3.18. The van der Waals surface area contributed by atoms with Crippen LogP contribution in [0.15, 0.2) is 12.1 Å². The molecule has 6 heteroatoms. The molecule has 108 valence electrons. The third-order valence-electron chi connectivity index (χ3n) is 3.18. The van der Waals surface area contributed by atoms with Gasteiger partial charge < -0.3 is 5.73 Å². The molecule has 1 atom stereocenters. The molecule has 1 aromatic heterocycles. The van der Waals surface area contributed by atoms with Crippen LogP contribution in [-0.2, 0) is 6.42 Å². The highest BCUT2D eigenvalue weighted by atomic mass is 19.2. The van der Waals surface area contributed by atoms with Crippen LogP contribution >= 0.6 is 0 Å². The molecular weight excluding hydrogens is 267 g/mol. The highest BCUT2D eigenvalue weighted by Gasteiger charge is 2.17. The van der Waals surface area contributed by atoms with E-state index in [1.165, 1.54) is 4.68 Å². The average molecular weight is 283 g/mol. The minimum absolute atomic E-state index is 0.0493. The number of rotatable bonds is 3. The van der Waals surface area contributed by atoms with Crippen LogP contribution < -0.4 is 5.73 Å². The molecule has 0 radical (unpaired) electrons. The number of nitrogens with zero attached hydrogens (tertiary/aromatic N) is 2. The lowest BCUT2D eigenvalue weighted by Gasteiger charge is -2.08. The quantitative estimate of drug-likeness (QED) is 0.880. The molecule has 0 fully saturated rings. The van der Waals surface area contributed by atoms with Crippen molar-refractivity contribution in [2.24, 2.45) is 5.73 Å². The van der Waals surface area contributed by atoms with Crippen LogP contribution in [0.1, 0.15) is 23.9 Å². The van der Waals surface area contributed by atoms with E-state index in [1.807, 2.05) is 6.92 Å². The molecule has 3 nitrogen and oxygen atoms in total. The maximum atomic E-state index is 13.3. The maximum absolute atomic E-state index is 13.3. The van der Waals surface area contributed by atoms with Crippen LogP contribution in [0.4, 0.5) is 13.2 Å². The van der Waals surface area contributed by atoms with Crippen molar-refractivity contribution in [3.63, 3.8) is 0 Å². The summed E-state index contributed by atoms with van der Waals surface area (Å²) in [5.74, 6) is -3.95. The number of hydrogen-bond acceptors (Lipinski definition) is 2. The normalized spacial score (nSPS) is 12.8. The van der Waals surface area contributed by atoms with E-state index in [2.05, 4.69) is 5.10 Å². The predicted molar refractivity (Wildman–Crippen MR) is 70.3 cm³/mol. The van der Waals surface area contributed by atoms with Gasteiger partial charge in [-0.05, 0) is 32.8 Å². The molecule has 1 heterocycles. The molecule has 0 aliphatic heterocycles. The highest BCUT2D eigenvalue weighted by Crippen LogP contribution is 2.22. The molecule has 2 rings (SSSR count). The number of nitrogens with two attached hydrogens (primary N) is 1. The van der Waals surface area contributed by atoms with Gasteiger partial charge in [0.25, 0.3) is 0 Å². The van der Waals surface area contributed by atoms with E-state index in [4.69, 9.17) is 5.73 Å². The molecule has 2 N–H and O–H groups in total. The van der Waals surface area contributed by atoms with Gasteiger partial charge in [-0.25, -0.2) is 17.9 Å². The van der Waals surface area contributed by atoms with Gasteiger partial charge in [-0.15, -0.1) is 0 Å². The molecule has 20 heavy (non-hydrogen) atoms. The Morgan fingerprint density at radius 3 is 2.25 bits per heavy atom. The minimum Gasteiger partial charge on any atom is -0.328 e. The lowest BCUT2D eigenvalue weighted by atomic mass is 10.1. The second kappa shape index (κ2) is 5.28. The van der Waals surface area contributed by atoms with Crippen molar-refractivity contribution in [2.75, 3.05) is 0 Å². The van der Waals surface area contributed by atoms with E-state index in [9.17, 15) is 13.2 Å². The first-order chi connectivity index (χ1) is 9.31. The summed E-state index contributed by atoms with van der Waals surface area (Å²) in [6.45, 7) is 5.46. The summed E-state index contributed by atoms with van der Waals surface area (Å²) in [7, 11) is 0. The predicted octanol–water partition coefficient (Wildman–Crippen LogP) is 2.80. The Labute approximate surface area is 115 Å². The van der Waals surface area contributed by atoms with Crippen molar-refractivity contribution in [2.45, 2.75) is 33.2 Å². The van der Waals surface area contributed by atoms with Crippen LogP contribution in [0.3, 0.4) is 0 Å². The van der Waals surface area contributed by atoms with E-state index in [-0.39, 0.29) is 11.7 Å². The Balaban J connectivity index is 2.54. The lowest BCUT2D eigenvalue weighted by molar-refractivity contribution is 0.446. The summed E-state index contributed by atoms with van der Waals surface area (Å²) in [6.07, 6.45) is 0.615. The van der Waals surface area contributed by atoms with Gasteiger partial charge in [-0.3, -0.25) is 0 Å². The van der Waals surface area contributed by atoms with Gasteiger partial charge in [0, 0.05) is 23.9 Å². The minimum atomic E-state index is -1.48. The highest BCUT2D eigenvalue weighted by molar-refractivity contribution is 5.38. The lowest BCUT2D eigenvalue weighted by Crippen LogP contribution is -2.18. The smallest absolute Gasteiger partial charge is 0.194 e. The van der Waals surface area contributed by atoms with Crippen molar-refractivity contribution in [3.8, 4) is 5.69 Å². The van der Waals surface area contributed by atoms with Gasteiger partial charge in [-0.1, -0.05) is 0 Å². The Kier molecular flexibility index (Phi) is 3.85. The molecular formula is C14H16F3N3. The number of hydrogen-bond donors (Lipinski definition) is 1. The third kappa shape index (κ3) is 2.56.